The van der Waals surface area contributed by atoms with E-state index in [0.29, 0.717) is 12.2 Å². The molecule has 2 heterocycles. The minimum atomic E-state index is -0.162. The second-order valence-electron chi connectivity index (χ2n) is 6.42. The van der Waals surface area contributed by atoms with E-state index in [-0.39, 0.29) is 5.91 Å². The molecule has 3 rings (SSSR count). The van der Waals surface area contributed by atoms with Crippen LogP contribution in [0.3, 0.4) is 0 Å². The zero-order valence-electron chi connectivity index (χ0n) is 15.2. The predicted molar refractivity (Wildman–Crippen MR) is 102 cm³/mol. The molecule has 1 aliphatic heterocycles. The third-order valence-corrected chi connectivity index (χ3v) is 4.55. The Hall–Kier alpha value is -2.44. The standard InChI is InChI=1S/C20H26N4O2/c1-16-4-2-3-5-17(16)15-23-20(25)19-14-18(6-7-22-19)21-8-9-24-10-12-26-13-11-24/h2-7,14H,8-13,15H2,1H3,(H,21,22)(H,23,25). The Bertz CT molecular complexity index is 729. The monoisotopic (exact) mass is 354 g/mol. The molecule has 0 saturated carbocycles. The number of rotatable bonds is 7. The molecule has 1 fully saturated rings. The Kier molecular flexibility index (Phi) is 6.57. The molecular weight excluding hydrogens is 328 g/mol. The summed E-state index contributed by atoms with van der Waals surface area (Å²) in [6, 6.07) is 11.7. The number of morpholine rings is 1. The van der Waals surface area contributed by atoms with Gasteiger partial charge in [-0.2, -0.15) is 0 Å². The van der Waals surface area contributed by atoms with Crippen molar-refractivity contribution in [1.82, 2.24) is 15.2 Å². The number of anilines is 1. The van der Waals surface area contributed by atoms with Gasteiger partial charge in [-0.25, -0.2) is 0 Å². The number of hydrogen-bond donors (Lipinski definition) is 2. The lowest BCUT2D eigenvalue weighted by molar-refractivity contribution is 0.0398. The molecule has 1 aromatic carbocycles. The van der Waals surface area contributed by atoms with E-state index in [4.69, 9.17) is 4.74 Å². The third kappa shape index (κ3) is 5.28. The molecule has 0 aliphatic carbocycles. The third-order valence-electron chi connectivity index (χ3n) is 4.55. The van der Waals surface area contributed by atoms with Crippen LogP contribution in [0.1, 0.15) is 21.6 Å². The number of hydrogen-bond acceptors (Lipinski definition) is 5. The molecule has 1 aromatic heterocycles. The summed E-state index contributed by atoms with van der Waals surface area (Å²) < 4.78 is 5.35. The summed E-state index contributed by atoms with van der Waals surface area (Å²) in [7, 11) is 0. The first-order valence-corrected chi connectivity index (χ1v) is 9.05. The maximum Gasteiger partial charge on any atom is 0.270 e. The van der Waals surface area contributed by atoms with E-state index in [1.807, 2.05) is 37.3 Å². The largest absolute Gasteiger partial charge is 0.384 e. The maximum absolute atomic E-state index is 12.4. The van der Waals surface area contributed by atoms with Crippen molar-refractivity contribution in [3.05, 3.63) is 59.4 Å². The van der Waals surface area contributed by atoms with Crippen molar-refractivity contribution >= 4 is 11.6 Å². The van der Waals surface area contributed by atoms with Gasteiger partial charge in [0.1, 0.15) is 5.69 Å². The Labute approximate surface area is 154 Å². The molecule has 6 nitrogen and oxygen atoms in total. The molecule has 0 atom stereocenters. The van der Waals surface area contributed by atoms with Crippen molar-refractivity contribution in [3.8, 4) is 0 Å². The number of aryl methyl sites for hydroxylation is 1. The van der Waals surface area contributed by atoms with Crippen LogP contribution in [0.15, 0.2) is 42.6 Å². The fourth-order valence-corrected chi connectivity index (χ4v) is 2.92. The lowest BCUT2D eigenvalue weighted by Gasteiger charge is -2.26. The molecule has 0 bridgehead atoms. The summed E-state index contributed by atoms with van der Waals surface area (Å²) in [6.07, 6.45) is 1.67. The second-order valence-corrected chi connectivity index (χ2v) is 6.42. The number of aromatic nitrogens is 1. The number of carbonyl (C=O) groups is 1. The molecule has 2 N–H and O–H groups in total. The van der Waals surface area contributed by atoms with Gasteiger partial charge in [-0.1, -0.05) is 24.3 Å². The molecule has 2 aromatic rings. The van der Waals surface area contributed by atoms with Crippen LogP contribution in [-0.4, -0.2) is 55.2 Å². The predicted octanol–water partition coefficient (Wildman–Crippen LogP) is 2.06. The van der Waals surface area contributed by atoms with Crippen LogP contribution in [0.5, 0.6) is 0 Å². The first-order chi connectivity index (χ1) is 12.7. The van der Waals surface area contributed by atoms with E-state index in [9.17, 15) is 4.79 Å². The Morgan fingerprint density at radius 2 is 2.04 bits per heavy atom. The molecule has 1 saturated heterocycles. The number of benzene rings is 1. The van der Waals surface area contributed by atoms with Crippen molar-refractivity contribution in [1.29, 1.82) is 0 Å². The minimum absolute atomic E-state index is 0.162. The van der Waals surface area contributed by atoms with Gasteiger partial charge in [0.15, 0.2) is 0 Å². The van der Waals surface area contributed by atoms with Gasteiger partial charge in [0.05, 0.1) is 13.2 Å². The Morgan fingerprint density at radius 1 is 1.23 bits per heavy atom. The number of pyridine rings is 1. The van der Waals surface area contributed by atoms with E-state index >= 15 is 0 Å². The van der Waals surface area contributed by atoms with Gasteiger partial charge in [-0.3, -0.25) is 14.7 Å². The number of amides is 1. The molecule has 1 amide bonds. The highest BCUT2D eigenvalue weighted by Crippen LogP contribution is 2.10. The zero-order chi connectivity index (χ0) is 18.2. The molecule has 0 unspecified atom stereocenters. The zero-order valence-corrected chi connectivity index (χ0v) is 15.2. The molecule has 0 radical (unpaired) electrons. The fraction of sp³-hybridized carbons (Fsp3) is 0.400. The van der Waals surface area contributed by atoms with Crippen LogP contribution >= 0.6 is 0 Å². The van der Waals surface area contributed by atoms with E-state index in [1.54, 1.807) is 12.3 Å². The summed E-state index contributed by atoms with van der Waals surface area (Å²) in [5.74, 6) is -0.162. The minimum Gasteiger partial charge on any atom is -0.384 e. The first-order valence-electron chi connectivity index (χ1n) is 9.05. The van der Waals surface area contributed by atoms with Crippen molar-refractivity contribution in [3.63, 3.8) is 0 Å². The van der Waals surface area contributed by atoms with Crippen LogP contribution in [0.2, 0.25) is 0 Å². The highest BCUT2D eigenvalue weighted by atomic mass is 16.5. The smallest absolute Gasteiger partial charge is 0.270 e. The Balaban J connectivity index is 1.49. The van der Waals surface area contributed by atoms with E-state index in [2.05, 4.69) is 20.5 Å². The number of nitrogens with one attached hydrogen (secondary N) is 2. The molecule has 26 heavy (non-hydrogen) atoms. The Morgan fingerprint density at radius 3 is 2.85 bits per heavy atom. The van der Waals surface area contributed by atoms with Crippen molar-refractivity contribution in [2.75, 3.05) is 44.7 Å². The lowest BCUT2D eigenvalue weighted by atomic mass is 10.1. The SMILES string of the molecule is Cc1ccccc1CNC(=O)c1cc(NCCN2CCOCC2)ccn1. The van der Waals surface area contributed by atoms with Crippen LogP contribution in [-0.2, 0) is 11.3 Å². The highest BCUT2D eigenvalue weighted by Gasteiger charge is 2.11. The van der Waals surface area contributed by atoms with E-state index in [0.717, 1.165) is 50.6 Å². The van der Waals surface area contributed by atoms with Gasteiger partial charge in [-0.05, 0) is 30.2 Å². The van der Waals surface area contributed by atoms with Crippen molar-refractivity contribution in [2.24, 2.45) is 0 Å². The summed E-state index contributed by atoms with van der Waals surface area (Å²) in [5, 5.41) is 6.31. The van der Waals surface area contributed by atoms with Gasteiger partial charge in [0, 0.05) is 44.6 Å². The normalized spacial score (nSPS) is 14.8. The average molecular weight is 354 g/mol. The van der Waals surface area contributed by atoms with Crippen LogP contribution in [0.25, 0.3) is 0 Å². The van der Waals surface area contributed by atoms with Crippen LogP contribution < -0.4 is 10.6 Å². The summed E-state index contributed by atoms with van der Waals surface area (Å²) >= 11 is 0. The van der Waals surface area contributed by atoms with Crippen LogP contribution in [0, 0.1) is 6.92 Å². The van der Waals surface area contributed by atoms with Gasteiger partial charge >= 0.3 is 0 Å². The highest BCUT2D eigenvalue weighted by molar-refractivity contribution is 5.93. The van der Waals surface area contributed by atoms with Crippen LogP contribution in [0.4, 0.5) is 5.69 Å². The number of nitrogens with zero attached hydrogens (tertiary/aromatic N) is 2. The van der Waals surface area contributed by atoms with Gasteiger partial charge in [0.25, 0.3) is 5.91 Å². The summed E-state index contributed by atoms with van der Waals surface area (Å²) in [5.41, 5.74) is 3.61. The van der Waals surface area contributed by atoms with Gasteiger partial charge in [0.2, 0.25) is 0 Å². The lowest BCUT2D eigenvalue weighted by Crippen LogP contribution is -2.39. The molecule has 138 valence electrons. The fourth-order valence-electron chi connectivity index (χ4n) is 2.92. The van der Waals surface area contributed by atoms with Gasteiger partial charge < -0.3 is 15.4 Å². The second kappa shape index (κ2) is 9.31. The average Bonchev–Trinajstić information content (AvgIpc) is 2.68. The summed E-state index contributed by atoms with van der Waals surface area (Å²) in [4.78, 5) is 18.9. The number of ether oxygens (including phenoxy) is 1. The number of carbonyl (C=O) groups excluding carboxylic acids is 1. The van der Waals surface area contributed by atoms with Crippen molar-refractivity contribution < 1.29 is 9.53 Å². The molecule has 0 spiro atoms. The van der Waals surface area contributed by atoms with E-state index < -0.39 is 0 Å². The molecule has 6 heteroatoms. The van der Waals surface area contributed by atoms with Gasteiger partial charge in [-0.15, -0.1) is 0 Å². The quantitative estimate of drug-likeness (QED) is 0.797. The first kappa shape index (κ1) is 18.4. The molecular formula is C20H26N4O2. The topological polar surface area (TPSA) is 66.5 Å². The summed E-state index contributed by atoms with van der Waals surface area (Å²) in [6.45, 7) is 7.89. The maximum atomic E-state index is 12.4. The van der Waals surface area contributed by atoms with E-state index in [1.165, 1.54) is 5.56 Å². The van der Waals surface area contributed by atoms with Crippen molar-refractivity contribution in [2.45, 2.75) is 13.5 Å². The molecule has 1 aliphatic rings.